The lowest BCUT2D eigenvalue weighted by atomic mass is 10.2. The second-order valence-corrected chi connectivity index (χ2v) is 5.16. The maximum Gasteiger partial charge on any atom is 0.307 e. The zero-order valence-electron chi connectivity index (χ0n) is 10.2. The third-order valence-electron chi connectivity index (χ3n) is 2.35. The van der Waals surface area contributed by atoms with Gasteiger partial charge in [0.2, 0.25) is 0 Å². The van der Waals surface area contributed by atoms with Crippen molar-refractivity contribution in [2.75, 3.05) is 6.61 Å². The quantitative estimate of drug-likeness (QED) is 0.635. The van der Waals surface area contributed by atoms with E-state index in [9.17, 15) is 4.79 Å². The third kappa shape index (κ3) is 6.02. The van der Waals surface area contributed by atoms with Crippen molar-refractivity contribution in [1.29, 1.82) is 0 Å². The molecule has 1 aromatic rings. The molecule has 0 fully saturated rings. The minimum absolute atomic E-state index is 0.133. The molecule has 0 radical (unpaired) electrons. The Hall–Kier alpha value is -0.620. The average molecular weight is 347 g/mol. The number of halogens is 1. The minimum Gasteiger partial charge on any atom is -0.466 e. The van der Waals surface area contributed by atoms with Crippen LogP contribution in [0.25, 0.3) is 0 Å². The van der Waals surface area contributed by atoms with E-state index in [2.05, 4.69) is 52.2 Å². The lowest BCUT2D eigenvalue weighted by Gasteiger charge is -2.13. The topological polar surface area (TPSA) is 38.3 Å². The Morgan fingerprint density at radius 2 is 2.06 bits per heavy atom. The van der Waals surface area contributed by atoms with Crippen molar-refractivity contribution in [3.05, 3.63) is 33.4 Å². The number of ether oxygens (including phenoxy) is 1. The van der Waals surface area contributed by atoms with E-state index in [0.29, 0.717) is 13.0 Å². The summed E-state index contributed by atoms with van der Waals surface area (Å²) in [6, 6.07) is 8.46. The number of esters is 1. The predicted octanol–water partition coefficient (Wildman–Crippen LogP) is 2.72. The molecular weight excluding hydrogens is 329 g/mol. The van der Waals surface area contributed by atoms with Gasteiger partial charge in [-0.2, -0.15) is 0 Å². The molecule has 1 atom stereocenters. The summed E-state index contributed by atoms with van der Waals surface area (Å²) >= 11 is 2.28. The molecule has 94 valence electrons. The van der Waals surface area contributed by atoms with Crippen molar-refractivity contribution < 1.29 is 9.53 Å². The fourth-order valence-corrected chi connectivity index (χ4v) is 1.80. The zero-order chi connectivity index (χ0) is 12.7. The summed E-state index contributed by atoms with van der Waals surface area (Å²) in [6.45, 7) is 5.03. The van der Waals surface area contributed by atoms with E-state index < -0.39 is 0 Å². The molecule has 0 aliphatic rings. The van der Waals surface area contributed by atoms with E-state index in [1.165, 1.54) is 9.13 Å². The van der Waals surface area contributed by atoms with Gasteiger partial charge in [-0.1, -0.05) is 12.1 Å². The molecule has 0 aliphatic carbocycles. The van der Waals surface area contributed by atoms with Crippen LogP contribution in [0.4, 0.5) is 0 Å². The van der Waals surface area contributed by atoms with Crippen LogP contribution in [0.1, 0.15) is 25.8 Å². The Balaban J connectivity index is 2.30. The highest BCUT2D eigenvalue weighted by Gasteiger charge is 2.08. The normalized spacial score (nSPS) is 12.2. The largest absolute Gasteiger partial charge is 0.466 e. The Morgan fingerprint density at radius 3 is 2.65 bits per heavy atom. The number of carbonyl (C=O) groups is 1. The maximum atomic E-state index is 11.2. The summed E-state index contributed by atoms with van der Waals surface area (Å²) in [4.78, 5) is 11.2. The molecule has 0 heterocycles. The van der Waals surface area contributed by atoms with Crippen LogP contribution >= 0.6 is 22.6 Å². The van der Waals surface area contributed by atoms with Crippen molar-refractivity contribution in [3.63, 3.8) is 0 Å². The Morgan fingerprint density at radius 1 is 1.41 bits per heavy atom. The van der Waals surface area contributed by atoms with Gasteiger partial charge in [-0.25, -0.2) is 0 Å². The smallest absolute Gasteiger partial charge is 0.307 e. The van der Waals surface area contributed by atoms with E-state index in [1.54, 1.807) is 0 Å². The molecule has 0 spiro atoms. The molecule has 1 N–H and O–H groups in total. The highest BCUT2D eigenvalue weighted by molar-refractivity contribution is 14.1. The summed E-state index contributed by atoms with van der Waals surface area (Å²) in [5, 5.41) is 3.30. The maximum absolute atomic E-state index is 11.2. The van der Waals surface area contributed by atoms with Gasteiger partial charge in [0.05, 0.1) is 13.0 Å². The number of rotatable bonds is 6. The number of hydrogen-bond acceptors (Lipinski definition) is 3. The van der Waals surface area contributed by atoms with Gasteiger partial charge in [0.25, 0.3) is 0 Å². The predicted molar refractivity (Wildman–Crippen MR) is 76.7 cm³/mol. The number of hydrogen-bond donors (Lipinski definition) is 1. The highest BCUT2D eigenvalue weighted by atomic mass is 127. The van der Waals surface area contributed by atoms with E-state index in [1.807, 2.05) is 13.8 Å². The van der Waals surface area contributed by atoms with Crippen molar-refractivity contribution in [1.82, 2.24) is 5.32 Å². The van der Waals surface area contributed by atoms with E-state index in [-0.39, 0.29) is 12.0 Å². The first kappa shape index (κ1) is 14.4. The Labute approximate surface area is 116 Å². The second-order valence-electron chi connectivity index (χ2n) is 3.92. The van der Waals surface area contributed by atoms with Crippen LogP contribution in [0.5, 0.6) is 0 Å². The van der Waals surface area contributed by atoms with Crippen LogP contribution in [0.2, 0.25) is 0 Å². The molecule has 0 bridgehead atoms. The number of benzene rings is 1. The first-order valence-electron chi connectivity index (χ1n) is 5.75. The molecule has 1 rings (SSSR count). The fraction of sp³-hybridized carbons (Fsp3) is 0.462. The van der Waals surface area contributed by atoms with Crippen molar-refractivity contribution in [2.45, 2.75) is 32.9 Å². The lowest BCUT2D eigenvalue weighted by Crippen LogP contribution is -2.28. The molecule has 17 heavy (non-hydrogen) atoms. The second kappa shape index (κ2) is 7.66. The standard InChI is InChI=1S/C13H18INO2/c1-3-17-13(16)8-10(2)15-9-11-4-6-12(14)7-5-11/h4-7,10,15H,3,8-9H2,1-2H3. The van der Waals surface area contributed by atoms with Crippen LogP contribution in [0.3, 0.4) is 0 Å². The Kier molecular flexibility index (Phi) is 6.50. The number of nitrogens with one attached hydrogen (secondary N) is 1. The van der Waals surface area contributed by atoms with Crippen molar-refractivity contribution in [3.8, 4) is 0 Å². The van der Waals surface area contributed by atoms with Gasteiger partial charge in [0.1, 0.15) is 0 Å². The van der Waals surface area contributed by atoms with Crippen molar-refractivity contribution in [2.24, 2.45) is 0 Å². The first-order chi connectivity index (χ1) is 8.11. The highest BCUT2D eigenvalue weighted by Crippen LogP contribution is 2.07. The zero-order valence-corrected chi connectivity index (χ0v) is 12.4. The van der Waals surface area contributed by atoms with Crippen LogP contribution < -0.4 is 5.32 Å². The summed E-state index contributed by atoms with van der Waals surface area (Å²) < 4.78 is 6.13. The molecule has 0 saturated heterocycles. The van der Waals surface area contributed by atoms with Crippen LogP contribution in [0.15, 0.2) is 24.3 Å². The molecule has 0 aliphatic heterocycles. The van der Waals surface area contributed by atoms with E-state index in [4.69, 9.17) is 4.74 Å². The summed E-state index contributed by atoms with van der Waals surface area (Å²) in [6.07, 6.45) is 0.415. The molecule has 4 heteroatoms. The van der Waals surface area contributed by atoms with Gasteiger partial charge >= 0.3 is 5.97 Å². The average Bonchev–Trinajstić information content (AvgIpc) is 2.28. The van der Waals surface area contributed by atoms with Gasteiger partial charge in [-0.3, -0.25) is 4.79 Å². The molecular formula is C13H18INO2. The molecule has 1 unspecified atom stereocenters. The molecule has 0 aromatic heterocycles. The van der Waals surface area contributed by atoms with Gasteiger partial charge in [0.15, 0.2) is 0 Å². The van der Waals surface area contributed by atoms with Crippen LogP contribution in [-0.4, -0.2) is 18.6 Å². The van der Waals surface area contributed by atoms with Crippen LogP contribution in [-0.2, 0) is 16.1 Å². The van der Waals surface area contributed by atoms with Gasteiger partial charge < -0.3 is 10.1 Å². The molecule has 0 amide bonds. The van der Waals surface area contributed by atoms with Crippen LogP contribution in [0, 0.1) is 3.57 Å². The monoisotopic (exact) mass is 347 g/mol. The van der Waals surface area contributed by atoms with Gasteiger partial charge in [-0.15, -0.1) is 0 Å². The molecule has 3 nitrogen and oxygen atoms in total. The van der Waals surface area contributed by atoms with E-state index >= 15 is 0 Å². The summed E-state index contributed by atoms with van der Waals surface area (Å²) in [7, 11) is 0. The van der Waals surface area contributed by atoms with Gasteiger partial charge in [-0.05, 0) is 54.1 Å². The first-order valence-corrected chi connectivity index (χ1v) is 6.83. The summed E-state index contributed by atoms with van der Waals surface area (Å²) in [5.41, 5.74) is 1.22. The fourth-order valence-electron chi connectivity index (χ4n) is 1.44. The third-order valence-corrected chi connectivity index (χ3v) is 3.07. The lowest BCUT2D eigenvalue weighted by molar-refractivity contribution is -0.143. The molecule has 1 aromatic carbocycles. The van der Waals surface area contributed by atoms with E-state index in [0.717, 1.165) is 6.54 Å². The van der Waals surface area contributed by atoms with Gasteiger partial charge in [0, 0.05) is 16.2 Å². The molecule has 0 saturated carbocycles. The minimum atomic E-state index is -0.143. The SMILES string of the molecule is CCOC(=O)CC(C)NCc1ccc(I)cc1. The Bertz CT molecular complexity index is 351. The number of carbonyl (C=O) groups excluding carboxylic acids is 1. The van der Waals surface area contributed by atoms with Crippen molar-refractivity contribution >= 4 is 28.6 Å². The summed E-state index contributed by atoms with van der Waals surface area (Å²) in [5.74, 6) is -0.143.